The van der Waals surface area contributed by atoms with E-state index < -0.39 is 0 Å². The minimum atomic E-state index is 0.283. The fourth-order valence-corrected chi connectivity index (χ4v) is 2.97. The molecular weight excluding hydrogens is 324 g/mol. The highest BCUT2D eigenvalue weighted by molar-refractivity contribution is 6.30. The molecule has 2 N–H and O–H groups in total. The number of aliphatic imine (C=N–C) groups is 1. The third-order valence-corrected chi connectivity index (χ3v) is 4.20. The number of nitrogens with zero attached hydrogens (tertiary/aromatic N) is 2. The monoisotopic (exact) mass is 350 g/mol. The van der Waals surface area contributed by atoms with Crippen LogP contribution >= 0.6 is 11.6 Å². The number of guanidine groups is 1. The normalized spacial score (nSPS) is 15.0. The highest BCUT2D eigenvalue weighted by atomic mass is 35.5. The van der Waals surface area contributed by atoms with Crippen molar-refractivity contribution in [2.75, 3.05) is 32.7 Å². The number of likely N-dealkylation sites (tertiary alicyclic amines) is 1. The quantitative estimate of drug-likeness (QED) is 0.430. The molecule has 0 bridgehead atoms. The van der Waals surface area contributed by atoms with Gasteiger partial charge in [0.05, 0.1) is 0 Å². The van der Waals surface area contributed by atoms with Gasteiger partial charge in [-0.2, -0.15) is 0 Å². The molecule has 1 aromatic carbocycles. The van der Waals surface area contributed by atoms with Crippen LogP contribution in [0.25, 0.3) is 0 Å². The molecule has 0 unspecified atom stereocenters. The lowest BCUT2D eigenvalue weighted by Gasteiger charge is -2.15. The fraction of sp³-hybridized carbons (Fsp3) is 0.556. The molecule has 1 heterocycles. The standard InChI is InChI=1S/C18H27ClN4O/c1-2-20-18(21-10-5-13-23-12-4-8-17(23)24)22-11-9-15-6-3-7-16(19)14-15/h3,6-7,14H,2,4-5,8-13H2,1H3,(H2,20,21,22). The molecule has 0 spiro atoms. The van der Waals surface area contributed by atoms with Crippen LogP contribution in [0.15, 0.2) is 29.3 Å². The van der Waals surface area contributed by atoms with Gasteiger partial charge in [-0.3, -0.25) is 9.79 Å². The van der Waals surface area contributed by atoms with E-state index in [9.17, 15) is 4.79 Å². The van der Waals surface area contributed by atoms with Crippen LogP contribution in [0, 0.1) is 0 Å². The van der Waals surface area contributed by atoms with Crippen molar-refractivity contribution in [1.29, 1.82) is 0 Å². The SMILES string of the molecule is CCNC(=NCCCN1CCCC1=O)NCCc1cccc(Cl)c1. The van der Waals surface area contributed by atoms with E-state index in [2.05, 4.69) is 28.6 Å². The molecule has 6 heteroatoms. The maximum Gasteiger partial charge on any atom is 0.222 e. The summed E-state index contributed by atoms with van der Waals surface area (Å²) in [6.45, 7) is 6.11. The Balaban J connectivity index is 1.70. The largest absolute Gasteiger partial charge is 0.357 e. The molecule has 1 amide bonds. The third kappa shape index (κ3) is 6.40. The number of carbonyl (C=O) groups is 1. The number of halogens is 1. The van der Waals surface area contributed by atoms with Crippen LogP contribution < -0.4 is 10.6 Å². The van der Waals surface area contributed by atoms with E-state index in [4.69, 9.17) is 11.6 Å². The Hall–Kier alpha value is -1.75. The zero-order chi connectivity index (χ0) is 17.2. The molecule has 1 aromatic rings. The Morgan fingerprint density at radius 2 is 2.25 bits per heavy atom. The van der Waals surface area contributed by atoms with E-state index in [0.29, 0.717) is 6.42 Å². The first-order valence-electron chi connectivity index (χ1n) is 8.73. The maximum atomic E-state index is 11.6. The molecular formula is C18H27ClN4O. The Kier molecular flexibility index (Phi) is 7.89. The van der Waals surface area contributed by atoms with E-state index in [1.54, 1.807) is 0 Å². The molecule has 0 radical (unpaired) electrons. The molecule has 0 aromatic heterocycles. The number of hydrogen-bond acceptors (Lipinski definition) is 2. The third-order valence-electron chi connectivity index (χ3n) is 3.97. The van der Waals surface area contributed by atoms with Crippen LogP contribution in [-0.4, -0.2) is 49.5 Å². The highest BCUT2D eigenvalue weighted by Gasteiger charge is 2.18. The first-order chi connectivity index (χ1) is 11.7. The number of benzene rings is 1. The molecule has 1 saturated heterocycles. The van der Waals surface area contributed by atoms with E-state index in [-0.39, 0.29) is 5.91 Å². The topological polar surface area (TPSA) is 56.7 Å². The fourth-order valence-electron chi connectivity index (χ4n) is 2.75. The van der Waals surface area contributed by atoms with E-state index in [0.717, 1.165) is 63.0 Å². The Morgan fingerprint density at radius 1 is 1.38 bits per heavy atom. The second-order valence-corrected chi connectivity index (χ2v) is 6.34. The summed E-state index contributed by atoms with van der Waals surface area (Å²) in [6.07, 6.45) is 3.50. The Labute approximate surface area is 149 Å². The van der Waals surface area contributed by atoms with Gasteiger partial charge in [0.15, 0.2) is 5.96 Å². The zero-order valence-corrected chi connectivity index (χ0v) is 15.1. The summed E-state index contributed by atoms with van der Waals surface area (Å²) in [5, 5.41) is 7.36. The summed E-state index contributed by atoms with van der Waals surface area (Å²) in [7, 11) is 0. The zero-order valence-electron chi connectivity index (χ0n) is 14.4. The van der Waals surface area contributed by atoms with Gasteiger partial charge in [-0.05, 0) is 43.9 Å². The van der Waals surface area contributed by atoms with Gasteiger partial charge in [-0.25, -0.2) is 0 Å². The molecule has 2 rings (SSSR count). The van der Waals surface area contributed by atoms with Gasteiger partial charge in [-0.1, -0.05) is 23.7 Å². The van der Waals surface area contributed by atoms with Gasteiger partial charge in [0.1, 0.15) is 0 Å². The predicted octanol–water partition coefficient (Wildman–Crippen LogP) is 2.45. The van der Waals surface area contributed by atoms with Crippen molar-refractivity contribution in [3.63, 3.8) is 0 Å². The minimum Gasteiger partial charge on any atom is -0.357 e. The molecule has 1 aliphatic heterocycles. The lowest BCUT2D eigenvalue weighted by atomic mass is 10.1. The lowest BCUT2D eigenvalue weighted by Crippen LogP contribution is -2.38. The summed E-state index contributed by atoms with van der Waals surface area (Å²) in [4.78, 5) is 18.1. The maximum absolute atomic E-state index is 11.6. The summed E-state index contributed by atoms with van der Waals surface area (Å²) in [5.41, 5.74) is 1.21. The molecule has 0 aliphatic carbocycles. The van der Waals surface area contributed by atoms with Crippen molar-refractivity contribution in [3.8, 4) is 0 Å². The summed E-state index contributed by atoms with van der Waals surface area (Å²) >= 11 is 6.00. The van der Waals surface area contributed by atoms with Crippen molar-refractivity contribution >= 4 is 23.5 Å². The average molecular weight is 351 g/mol. The van der Waals surface area contributed by atoms with Crippen molar-refractivity contribution in [3.05, 3.63) is 34.9 Å². The van der Waals surface area contributed by atoms with Gasteiger partial charge in [0.25, 0.3) is 0 Å². The molecule has 24 heavy (non-hydrogen) atoms. The molecule has 132 valence electrons. The van der Waals surface area contributed by atoms with Gasteiger partial charge in [-0.15, -0.1) is 0 Å². The smallest absolute Gasteiger partial charge is 0.222 e. The van der Waals surface area contributed by atoms with Crippen LogP contribution in [0.3, 0.4) is 0 Å². The number of amides is 1. The average Bonchev–Trinajstić information content (AvgIpc) is 2.97. The highest BCUT2D eigenvalue weighted by Crippen LogP contribution is 2.11. The van der Waals surface area contributed by atoms with Crippen LogP contribution in [0.4, 0.5) is 0 Å². The van der Waals surface area contributed by atoms with Gasteiger partial charge >= 0.3 is 0 Å². The molecule has 5 nitrogen and oxygen atoms in total. The molecule has 1 aliphatic rings. The van der Waals surface area contributed by atoms with Gasteiger partial charge < -0.3 is 15.5 Å². The van der Waals surface area contributed by atoms with Crippen LogP contribution in [-0.2, 0) is 11.2 Å². The van der Waals surface area contributed by atoms with Crippen molar-refractivity contribution in [2.24, 2.45) is 4.99 Å². The van der Waals surface area contributed by atoms with Gasteiger partial charge in [0, 0.05) is 44.2 Å². The lowest BCUT2D eigenvalue weighted by molar-refractivity contribution is -0.127. The second-order valence-electron chi connectivity index (χ2n) is 5.91. The summed E-state index contributed by atoms with van der Waals surface area (Å²) in [5.74, 6) is 1.11. The van der Waals surface area contributed by atoms with E-state index >= 15 is 0 Å². The van der Waals surface area contributed by atoms with Crippen LogP contribution in [0.1, 0.15) is 31.7 Å². The summed E-state index contributed by atoms with van der Waals surface area (Å²) in [6, 6.07) is 7.91. The molecule has 0 atom stereocenters. The van der Waals surface area contributed by atoms with E-state index in [1.807, 2.05) is 23.1 Å². The van der Waals surface area contributed by atoms with Crippen LogP contribution in [0.2, 0.25) is 5.02 Å². The number of carbonyl (C=O) groups excluding carboxylic acids is 1. The van der Waals surface area contributed by atoms with E-state index in [1.165, 1.54) is 5.56 Å². The predicted molar refractivity (Wildman–Crippen MR) is 99.6 cm³/mol. The number of hydrogen-bond donors (Lipinski definition) is 2. The number of nitrogens with one attached hydrogen (secondary N) is 2. The molecule has 0 saturated carbocycles. The van der Waals surface area contributed by atoms with Crippen molar-refractivity contribution in [1.82, 2.24) is 15.5 Å². The first-order valence-corrected chi connectivity index (χ1v) is 9.11. The van der Waals surface area contributed by atoms with Crippen LogP contribution in [0.5, 0.6) is 0 Å². The summed E-state index contributed by atoms with van der Waals surface area (Å²) < 4.78 is 0. The Morgan fingerprint density at radius 3 is 2.96 bits per heavy atom. The first kappa shape index (κ1) is 18.6. The molecule has 1 fully saturated rings. The van der Waals surface area contributed by atoms with Crippen molar-refractivity contribution in [2.45, 2.75) is 32.6 Å². The second kappa shape index (κ2) is 10.2. The number of rotatable bonds is 8. The minimum absolute atomic E-state index is 0.283. The van der Waals surface area contributed by atoms with Gasteiger partial charge in [0.2, 0.25) is 5.91 Å². The van der Waals surface area contributed by atoms with Crippen molar-refractivity contribution < 1.29 is 4.79 Å². The Bertz CT molecular complexity index is 562.